The van der Waals surface area contributed by atoms with Crippen molar-refractivity contribution in [2.45, 2.75) is 69.5 Å². The van der Waals surface area contributed by atoms with Crippen molar-refractivity contribution in [3.05, 3.63) is 36.4 Å². The molecule has 1 heterocycles. The summed E-state index contributed by atoms with van der Waals surface area (Å²) in [7, 11) is 0. The Morgan fingerprint density at radius 1 is 1.10 bits per heavy atom. The highest BCUT2D eigenvalue weighted by Crippen LogP contribution is 2.40. The van der Waals surface area contributed by atoms with Crippen LogP contribution in [0, 0.1) is 11.8 Å². The average molecular weight is 406 g/mol. The van der Waals surface area contributed by atoms with Crippen LogP contribution >= 0.6 is 0 Å². The van der Waals surface area contributed by atoms with E-state index in [4.69, 9.17) is 14.6 Å². The van der Waals surface area contributed by atoms with Crippen molar-refractivity contribution in [1.29, 1.82) is 0 Å². The van der Waals surface area contributed by atoms with Crippen LogP contribution in [-0.2, 0) is 4.79 Å². The lowest BCUT2D eigenvalue weighted by Gasteiger charge is -2.24. The minimum atomic E-state index is -0.834. The SMILES string of the molecule is O=C(O)CCC/C=C\C[C@@H]1[C@@H](CC[C@H](O)C2Oc3ccccc3O2)[C@H](O)C[C@@H]1O. The van der Waals surface area contributed by atoms with E-state index in [1.54, 1.807) is 12.1 Å². The summed E-state index contributed by atoms with van der Waals surface area (Å²) in [4.78, 5) is 10.5. The second-order valence-electron chi connectivity index (χ2n) is 7.89. The number of aliphatic hydroxyl groups excluding tert-OH is 3. The maximum absolute atomic E-state index is 10.5. The van der Waals surface area contributed by atoms with Crippen molar-refractivity contribution in [3.63, 3.8) is 0 Å². The Hall–Kier alpha value is -2.09. The highest BCUT2D eigenvalue weighted by molar-refractivity contribution is 5.66. The maximum atomic E-state index is 10.5. The molecule has 2 aliphatic rings. The molecule has 7 nitrogen and oxygen atoms in total. The third-order valence-corrected chi connectivity index (χ3v) is 5.80. The van der Waals surface area contributed by atoms with E-state index in [2.05, 4.69) is 0 Å². The molecule has 4 N–H and O–H groups in total. The largest absolute Gasteiger partial charge is 0.481 e. The van der Waals surface area contributed by atoms with Gasteiger partial charge >= 0.3 is 5.97 Å². The lowest BCUT2D eigenvalue weighted by atomic mass is 9.86. The molecular formula is C22H30O7. The van der Waals surface area contributed by atoms with E-state index < -0.39 is 30.6 Å². The van der Waals surface area contributed by atoms with Gasteiger partial charge in [0, 0.05) is 6.42 Å². The molecule has 0 bridgehead atoms. The Bertz CT molecular complexity index is 679. The van der Waals surface area contributed by atoms with Crippen LogP contribution in [0.5, 0.6) is 11.5 Å². The Kier molecular flexibility index (Phi) is 7.52. The van der Waals surface area contributed by atoms with Crippen LogP contribution in [-0.4, -0.2) is 51.0 Å². The first-order chi connectivity index (χ1) is 14.0. The monoisotopic (exact) mass is 406 g/mol. The lowest BCUT2D eigenvalue weighted by molar-refractivity contribution is -0.137. The molecule has 160 valence electrons. The molecule has 0 aromatic heterocycles. The van der Waals surface area contributed by atoms with Crippen LogP contribution < -0.4 is 9.47 Å². The number of allylic oxidation sites excluding steroid dienone is 2. The number of fused-ring (bicyclic) bond motifs is 1. The second kappa shape index (κ2) is 10.1. The molecule has 1 aliphatic heterocycles. The van der Waals surface area contributed by atoms with Crippen LogP contribution in [0.15, 0.2) is 36.4 Å². The van der Waals surface area contributed by atoms with Crippen molar-refractivity contribution in [2.24, 2.45) is 11.8 Å². The number of rotatable bonds is 10. The molecule has 29 heavy (non-hydrogen) atoms. The van der Waals surface area contributed by atoms with Gasteiger partial charge in [-0.05, 0) is 62.5 Å². The molecule has 1 aliphatic carbocycles. The number of hydrogen-bond donors (Lipinski definition) is 4. The zero-order chi connectivity index (χ0) is 20.8. The van der Waals surface area contributed by atoms with E-state index in [0.717, 1.165) is 0 Å². The number of ether oxygens (including phenoxy) is 2. The number of carboxylic acid groups (broad SMARTS) is 1. The smallest absolute Gasteiger partial charge is 0.303 e. The Balaban J connectivity index is 1.46. The maximum Gasteiger partial charge on any atom is 0.303 e. The molecule has 1 aromatic carbocycles. The predicted molar refractivity (Wildman–Crippen MR) is 106 cm³/mol. The predicted octanol–water partition coefficient (Wildman–Crippen LogP) is 2.48. The summed E-state index contributed by atoms with van der Waals surface area (Å²) in [6.07, 6.45) is 4.41. The number of carbonyl (C=O) groups is 1. The Labute approximate surface area is 170 Å². The van der Waals surface area contributed by atoms with Crippen molar-refractivity contribution in [2.75, 3.05) is 0 Å². The van der Waals surface area contributed by atoms with E-state index >= 15 is 0 Å². The van der Waals surface area contributed by atoms with Gasteiger partial charge in [-0.3, -0.25) is 4.79 Å². The minimum absolute atomic E-state index is 0.0875. The highest BCUT2D eigenvalue weighted by atomic mass is 16.7. The third kappa shape index (κ3) is 5.72. The summed E-state index contributed by atoms with van der Waals surface area (Å²) < 4.78 is 11.3. The Morgan fingerprint density at radius 3 is 2.41 bits per heavy atom. The molecule has 0 amide bonds. The fourth-order valence-corrected chi connectivity index (χ4v) is 4.22. The number of carboxylic acids is 1. The first-order valence-corrected chi connectivity index (χ1v) is 10.3. The third-order valence-electron chi connectivity index (χ3n) is 5.80. The summed E-state index contributed by atoms with van der Waals surface area (Å²) in [6.45, 7) is 0. The summed E-state index contributed by atoms with van der Waals surface area (Å²) in [5, 5.41) is 39.8. The highest BCUT2D eigenvalue weighted by Gasteiger charge is 2.41. The molecule has 1 saturated carbocycles. The topological polar surface area (TPSA) is 116 Å². The number of aliphatic carboxylic acids is 1. The number of benzene rings is 1. The summed E-state index contributed by atoms with van der Waals surface area (Å²) in [5.41, 5.74) is 0. The first kappa shape index (κ1) is 21.6. The fraction of sp³-hybridized carbons (Fsp3) is 0.591. The van der Waals surface area contributed by atoms with Gasteiger partial charge in [-0.2, -0.15) is 0 Å². The molecular weight excluding hydrogens is 376 g/mol. The second-order valence-corrected chi connectivity index (χ2v) is 7.89. The quantitative estimate of drug-likeness (QED) is 0.348. The summed E-state index contributed by atoms with van der Waals surface area (Å²) in [5.74, 6) is 0.213. The molecule has 0 saturated heterocycles. The molecule has 7 heteroatoms. The van der Waals surface area contributed by atoms with Gasteiger partial charge < -0.3 is 29.9 Å². The van der Waals surface area contributed by atoms with Gasteiger partial charge in [0.15, 0.2) is 11.5 Å². The van der Waals surface area contributed by atoms with Gasteiger partial charge in [0.2, 0.25) is 0 Å². The van der Waals surface area contributed by atoms with Gasteiger partial charge in [0.05, 0.1) is 12.2 Å². The van der Waals surface area contributed by atoms with Gasteiger partial charge in [0.1, 0.15) is 6.10 Å². The van der Waals surface area contributed by atoms with Crippen molar-refractivity contribution in [3.8, 4) is 11.5 Å². The normalized spacial score (nSPS) is 27.6. The zero-order valence-corrected chi connectivity index (χ0v) is 16.4. The van der Waals surface area contributed by atoms with E-state index in [0.29, 0.717) is 50.0 Å². The zero-order valence-electron chi connectivity index (χ0n) is 16.4. The van der Waals surface area contributed by atoms with Crippen molar-refractivity contribution < 1.29 is 34.7 Å². The molecule has 3 rings (SSSR count). The van der Waals surface area contributed by atoms with Gasteiger partial charge in [-0.25, -0.2) is 0 Å². The molecule has 1 fully saturated rings. The first-order valence-electron chi connectivity index (χ1n) is 10.3. The molecule has 0 radical (unpaired) electrons. The lowest BCUT2D eigenvalue weighted by Crippen LogP contribution is -2.34. The van der Waals surface area contributed by atoms with E-state index in [1.807, 2.05) is 24.3 Å². The molecule has 0 unspecified atom stereocenters. The van der Waals surface area contributed by atoms with Gasteiger partial charge in [0.25, 0.3) is 6.29 Å². The fourth-order valence-electron chi connectivity index (χ4n) is 4.22. The summed E-state index contributed by atoms with van der Waals surface area (Å²) >= 11 is 0. The van der Waals surface area contributed by atoms with Crippen LogP contribution in [0.4, 0.5) is 0 Å². The standard InChI is InChI=1S/C22H30O7/c23-16(22-28-19-8-5-6-9-20(19)29-22)12-11-15-14(17(24)13-18(15)25)7-3-1-2-4-10-21(26)27/h1,3,5-6,8-9,14-18,22-25H,2,4,7,10-13H2,(H,26,27)/b3-1-/t14-,15-,16+,17+,18-/m1/s1. The van der Waals surface area contributed by atoms with Crippen molar-refractivity contribution in [1.82, 2.24) is 0 Å². The van der Waals surface area contributed by atoms with Gasteiger partial charge in [-0.1, -0.05) is 24.3 Å². The average Bonchev–Trinajstić information content (AvgIpc) is 3.23. The van der Waals surface area contributed by atoms with E-state index in [-0.39, 0.29) is 18.3 Å². The molecule has 5 atom stereocenters. The van der Waals surface area contributed by atoms with Crippen LogP contribution in [0.2, 0.25) is 0 Å². The molecule has 1 aromatic rings. The van der Waals surface area contributed by atoms with E-state index in [9.17, 15) is 20.1 Å². The van der Waals surface area contributed by atoms with Gasteiger partial charge in [-0.15, -0.1) is 0 Å². The number of unbranched alkanes of at least 4 members (excludes halogenated alkanes) is 1. The van der Waals surface area contributed by atoms with Crippen LogP contribution in [0.3, 0.4) is 0 Å². The van der Waals surface area contributed by atoms with Crippen molar-refractivity contribution >= 4 is 5.97 Å². The number of aliphatic hydroxyl groups is 3. The Morgan fingerprint density at radius 2 is 1.76 bits per heavy atom. The molecule has 0 spiro atoms. The minimum Gasteiger partial charge on any atom is -0.481 e. The number of hydrogen-bond acceptors (Lipinski definition) is 6. The van der Waals surface area contributed by atoms with Crippen LogP contribution in [0.25, 0.3) is 0 Å². The van der Waals surface area contributed by atoms with E-state index in [1.165, 1.54) is 0 Å². The number of para-hydroxylation sites is 2. The summed E-state index contributed by atoms with van der Waals surface area (Å²) in [6, 6.07) is 7.26. The van der Waals surface area contributed by atoms with Crippen LogP contribution in [0.1, 0.15) is 44.9 Å².